The molecule has 37 heavy (non-hydrogen) atoms. The molecule has 0 spiro atoms. The first-order valence-electron chi connectivity index (χ1n) is 12.6. The Hall–Kier alpha value is -4.40. The van der Waals surface area contributed by atoms with Crippen LogP contribution >= 0.6 is 0 Å². The molecule has 1 unspecified atom stereocenters. The Balaban J connectivity index is 1.29. The van der Waals surface area contributed by atoms with Gasteiger partial charge in [-0.05, 0) is 43.2 Å². The molecule has 3 aromatic rings. The highest BCUT2D eigenvalue weighted by Crippen LogP contribution is 2.42. The van der Waals surface area contributed by atoms with E-state index in [2.05, 4.69) is 25.9 Å². The van der Waals surface area contributed by atoms with Crippen molar-refractivity contribution >= 4 is 28.9 Å². The molecule has 7 rings (SSSR count). The number of nitrogens with two attached hydrogens (primary N) is 1. The molecule has 8 nitrogen and oxygen atoms in total. The summed E-state index contributed by atoms with van der Waals surface area (Å²) < 4.78 is 15.5. The lowest BCUT2D eigenvalue weighted by atomic mass is 9.85. The Kier molecular flexibility index (Phi) is 4.92. The summed E-state index contributed by atoms with van der Waals surface area (Å²) in [4.78, 5) is 25.1. The molecule has 4 aliphatic rings. The molecule has 1 aromatic carbocycles. The van der Waals surface area contributed by atoms with Gasteiger partial charge in [0.25, 0.3) is 0 Å². The number of halogens is 1. The van der Waals surface area contributed by atoms with Crippen molar-refractivity contribution in [2.45, 2.75) is 31.7 Å². The highest BCUT2D eigenvalue weighted by atomic mass is 19.1. The van der Waals surface area contributed by atoms with Crippen molar-refractivity contribution < 1.29 is 9.18 Å². The van der Waals surface area contributed by atoms with Crippen molar-refractivity contribution in [1.29, 1.82) is 0 Å². The number of benzene rings is 1. The van der Waals surface area contributed by atoms with Gasteiger partial charge in [0.05, 0.1) is 23.6 Å². The summed E-state index contributed by atoms with van der Waals surface area (Å²) in [6.45, 7) is 0.658. The molecule has 2 fully saturated rings. The second kappa shape index (κ2) is 8.33. The lowest BCUT2D eigenvalue weighted by Crippen LogP contribution is -2.28. The number of fused-ring (bicyclic) bond motifs is 3. The van der Waals surface area contributed by atoms with E-state index in [9.17, 15) is 4.79 Å². The van der Waals surface area contributed by atoms with Crippen LogP contribution in [-0.2, 0) is 11.2 Å². The van der Waals surface area contributed by atoms with E-state index < -0.39 is 0 Å². The van der Waals surface area contributed by atoms with E-state index in [0.717, 1.165) is 59.0 Å². The summed E-state index contributed by atoms with van der Waals surface area (Å²) in [5.74, 6) is 0.406. The van der Waals surface area contributed by atoms with E-state index in [0.29, 0.717) is 35.5 Å². The average molecular weight is 496 g/mol. The van der Waals surface area contributed by atoms with Crippen molar-refractivity contribution in [3.8, 4) is 11.1 Å². The number of H-pyrrole nitrogens is 1. The number of pyridine rings is 1. The molecule has 0 radical (unpaired) electrons. The van der Waals surface area contributed by atoms with Crippen LogP contribution in [-0.4, -0.2) is 33.4 Å². The summed E-state index contributed by atoms with van der Waals surface area (Å²) in [6.07, 6.45) is 12.4. The SMILES string of the molecule is NC1=CC=Cc2nc(C3=C4NC4CNc4cc(F)c(-c5cncc(NC(=O)C6CCC6)c5)cc43)[nH]c2C1. The van der Waals surface area contributed by atoms with Crippen LogP contribution in [0.1, 0.15) is 42.0 Å². The van der Waals surface area contributed by atoms with Crippen LogP contribution in [0.25, 0.3) is 22.8 Å². The van der Waals surface area contributed by atoms with Crippen molar-refractivity contribution in [3.63, 3.8) is 0 Å². The number of imidazole rings is 1. The van der Waals surface area contributed by atoms with E-state index in [1.807, 2.05) is 24.3 Å². The third-order valence-electron chi connectivity index (χ3n) is 7.52. The number of anilines is 2. The Morgan fingerprint density at radius 2 is 2.05 bits per heavy atom. The number of allylic oxidation sites excluding steroid dienone is 3. The number of amides is 1. The molecule has 186 valence electrons. The summed E-state index contributed by atoms with van der Waals surface area (Å²) in [5.41, 5.74) is 13.8. The first-order valence-corrected chi connectivity index (χ1v) is 12.6. The van der Waals surface area contributed by atoms with E-state index in [-0.39, 0.29) is 23.7 Å². The van der Waals surface area contributed by atoms with E-state index in [1.165, 1.54) is 6.07 Å². The van der Waals surface area contributed by atoms with Crippen molar-refractivity contribution in [1.82, 2.24) is 20.3 Å². The molecule has 0 bridgehead atoms. The van der Waals surface area contributed by atoms with E-state index >= 15 is 4.39 Å². The van der Waals surface area contributed by atoms with Gasteiger partial charge in [0.1, 0.15) is 11.6 Å². The molecule has 6 N–H and O–H groups in total. The number of hydrogen-bond donors (Lipinski definition) is 5. The van der Waals surface area contributed by atoms with Crippen molar-refractivity contribution in [2.75, 3.05) is 17.2 Å². The molecule has 1 atom stereocenters. The number of aromatic amines is 1. The van der Waals surface area contributed by atoms with Gasteiger partial charge in [-0.25, -0.2) is 9.37 Å². The quantitative estimate of drug-likeness (QED) is 0.349. The Morgan fingerprint density at radius 3 is 2.89 bits per heavy atom. The normalized spacial score (nSPS) is 19.7. The zero-order chi connectivity index (χ0) is 25.1. The summed E-state index contributed by atoms with van der Waals surface area (Å²) >= 11 is 0. The molecule has 1 amide bonds. The van der Waals surface area contributed by atoms with Crippen LogP contribution in [0, 0.1) is 11.7 Å². The highest BCUT2D eigenvalue weighted by molar-refractivity contribution is 5.94. The molecule has 2 aliphatic heterocycles. The molecule has 2 aromatic heterocycles. The van der Waals surface area contributed by atoms with Crippen LogP contribution in [0.3, 0.4) is 0 Å². The summed E-state index contributed by atoms with van der Waals surface area (Å²) in [7, 11) is 0. The zero-order valence-corrected chi connectivity index (χ0v) is 20.1. The fourth-order valence-electron chi connectivity index (χ4n) is 5.22. The minimum atomic E-state index is -0.362. The number of nitrogens with one attached hydrogen (secondary N) is 4. The van der Waals surface area contributed by atoms with E-state index in [4.69, 9.17) is 10.7 Å². The molecule has 2 aliphatic carbocycles. The second-order valence-electron chi connectivity index (χ2n) is 10.1. The maximum absolute atomic E-state index is 15.5. The predicted octanol–water partition coefficient (Wildman–Crippen LogP) is 3.92. The van der Waals surface area contributed by atoms with Gasteiger partial charge in [-0.1, -0.05) is 12.5 Å². The second-order valence-corrected chi connectivity index (χ2v) is 10.1. The van der Waals surface area contributed by atoms with Gasteiger partial charge in [-0.3, -0.25) is 9.78 Å². The number of hydrogen-bond acceptors (Lipinski definition) is 6. The topological polar surface area (TPSA) is 131 Å². The fourth-order valence-corrected chi connectivity index (χ4v) is 5.22. The summed E-state index contributed by atoms with van der Waals surface area (Å²) in [5, 5.41) is 9.75. The number of carbonyl (C=O) groups is 1. The fraction of sp³-hybridized carbons (Fsp3) is 0.250. The standard InChI is InChI=1S/C28H26FN7O/c29-20-10-22-19(9-18(20)15-7-17(12-31-11-15)33-28(37)14-3-1-4-14)25(26-24(34-26)13-32-22)27-35-21-6-2-5-16(30)8-23(21)36-27/h2,5-7,9-12,14,24,32,34H,1,3-4,8,13,30H2,(H,33,37)(H,35,36). The zero-order valence-electron chi connectivity index (χ0n) is 20.1. The highest BCUT2D eigenvalue weighted by Gasteiger charge is 2.38. The molecule has 4 heterocycles. The molecular formula is C28H26FN7O. The smallest absolute Gasteiger partial charge is 0.227 e. The van der Waals surface area contributed by atoms with Crippen molar-refractivity contribution in [3.05, 3.63) is 82.7 Å². The maximum atomic E-state index is 15.5. The maximum Gasteiger partial charge on any atom is 0.227 e. The number of nitrogens with zero attached hydrogens (tertiary/aromatic N) is 2. The number of carbonyl (C=O) groups excluding carboxylic acids is 1. The van der Waals surface area contributed by atoms with E-state index in [1.54, 1.807) is 18.5 Å². The van der Waals surface area contributed by atoms with Crippen LogP contribution < -0.4 is 21.7 Å². The van der Waals surface area contributed by atoms with Gasteiger partial charge < -0.3 is 26.7 Å². The largest absolute Gasteiger partial charge is 0.402 e. The van der Waals surface area contributed by atoms with Crippen LogP contribution in [0.15, 0.2) is 54.1 Å². The molecule has 1 saturated carbocycles. The molecule has 1 saturated heterocycles. The third kappa shape index (κ3) is 3.87. The minimum absolute atomic E-state index is 0.00297. The minimum Gasteiger partial charge on any atom is -0.402 e. The summed E-state index contributed by atoms with van der Waals surface area (Å²) in [6, 6.07) is 5.31. The van der Waals surface area contributed by atoms with Gasteiger partial charge in [-0.15, -0.1) is 0 Å². The Labute approximate surface area is 213 Å². The van der Waals surface area contributed by atoms with Gasteiger partial charge in [0.15, 0.2) is 0 Å². The van der Waals surface area contributed by atoms with Gasteiger partial charge in [0, 0.05) is 70.1 Å². The molecular weight excluding hydrogens is 469 g/mol. The Bertz CT molecular complexity index is 1550. The number of rotatable bonds is 4. The van der Waals surface area contributed by atoms with Crippen LogP contribution in [0.5, 0.6) is 0 Å². The number of aromatic nitrogens is 3. The van der Waals surface area contributed by atoms with Crippen molar-refractivity contribution in [2.24, 2.45) is 11.7 Å². The predicted molar refractivity (Wildman–Crippen MR) is 141 cm³/mol. The van der Waals surface area contributed by atoms with Gasteiger partial charge >= 0.3 is 0 Å². The first kappa shape index (κ1) is 21.8. The lowest BCUT2D eigenvalue weighted by molar-refractivity contribution is -0.122. The Morgan fingerprint density at radius 1 is 1.16 bits per heavy atom. The van der Waals surface area contributed by atoms with Crippen LogP contribution in [0.2, 0.25) is 0 Å². The monoisotopic (exact) mass is 495 g/mol. The van der Waals surface area contributed by atoms with Gasteiger partial charge in [-0.2, -0.15) is 0 Å². The van der Waals surface area contributed by atoms with Gasteiger partial charge in [0.2, 0.25) is 5.91 Å². The van der Waals surface area contributed by atoms with Crippen LogP contribution in [0.4, 0.5) is 15.8 Å². The average Bonchev–Trinajstić information content (AvgIpc) is 3.55. The first-order chi connectivity index (χ1) is 18.0. The lowest BCUT2D eigenvalue weighted by Gasteiger charge is -2.24. The third-order valence-corrected chi connectivity index (χ3v) is 7.52. The molecule has 9 heteroatoms.